The lowest BCUT2D eigenvalue weighted by Crippen LogP contribution is -2.33. The van der Waals surface area contributed by atoms with E-state index in [1.807, 2.05) is 18.2 Å². The zero-order valence-corrected chi connectivity index (χ0v) is 20.4. The van der Waals surface area contributed by atoms with E-state index in [1.54, 1.807) is 25.1 Å². The van der Waals surface area contributed by atoms with Crippen LogP contribution in [-0.2, 0) is 4.79 Å². The molecule has 0 amide bonds. The maximum absolute atomic E-state index is 13.6. The third-order valence-electron chi connectivity index (χ3n) is 6.82. The summed E-state index contributed by atoms with van der Waals surface area (Å²) in [5, 5.41) is 18.0. The summed E-state index contributed by atoms with van der Waals surface area (Å²) in [6, 6.07) is 14.8. The molecule has 1 aliphatic heterocycles. The van der Waals surface area contributed by atoms with Gasteiger partial charge in [0.05, 0.1) is 11.0 Å². The van der Waals surface area contributed by atoms with Crippen LogP contribution in [-0.4, -0.2) is 24.8 Å². The fourth-order valence-electron chi connectivity index (χ4n) is 5.36. The van der Waals surface area contributed by atoms with Gasteiger partial charge in [-0.3, -0.25) is 14.9 Å². The molecule has 1 aliphatic carbocycles. The van der Waals surface area contributed by atoms with E-state index in [9.17, 15) is 14.9 Å². The lowest BCUT2D eigenvalue weighted by Gasteiger charge is -2.40. The lowest BCUT2D eigenvalue weighted by atomic mass is 9.68. The molecule has 1 atom stereocenters. The number of hydrogen-bond acceptors (Lipinski definition) is 5. The number of nitrogens with zero attached hydrogens (tertiary/aromatic N) is 2. The summed E-state index contributed by atoms with van der Waals surface area (Å²) in [6.45, 7) is 4.22. The topological polar surface area (TPSA) is 75.5 Å². The molecule has 0 saturated carbocycles. The van der Waals surface area contributed by atoms with Gasteiger partial charge in [0.15, 0.2) is 5.78 Å². The molecule has 34 heavy (non-hydrogen) atoms. The minimum atomic E-state index is -0.560. The molecule has 0 fully saturated rings. The number of hydrogen-bond donors (Lipinski definition) is 1. The zero-order chi connectivity index (χ0) is 24.4. The van der Waals surface area contributed by atoms with Crippen LogP contribution >= 0.6 is 11.6 Å². The summed E-state index contributed by atoms with van der Waals surface area (Å²) in [5.74, 6) is 0.0535. The van der Waals surface area contributed by atoms with Gasteiger partial charge in [-0.1, -0.05) is 55.8 Å². The van der Waals surface area contributed by atoms with Gasteiger partial charge >= 0.3 is 0 Å². The van der Waals surface area contributed by atoms with E-state index in [-0.39, 0.29) is 16.9 Å². The van der Waals surface area contributed by atoms with Gasteiger partial charge in [0.1, 0.15) is 5.69 Å². The molecule has 3 aromatic rings. The number of nitrogens with one attached hydrogen (secondary N) is 1. The normalized spacial score (nSPS) is 18.9. The number of ketones is 1. The van der Waals surface area contributed by atoms with Crippen molar-refractivity contribution >= 4 is 50.8 Å². The van der Waals surface area contributed by atoms with Gasteiger partial charge in [-0.25, -0.2) is 0 Å². The summed E-state index contributed by atoms with van der Waals surface area (Å²) < 4.78 is 0. The second kappa shape index (κ2) is 7.84. The van der Waals surface area contributed by atoms with Crippen molar-refractivity contribution in [1.29, 1.82) is 0 Å². The van der Waals surface area contributed by atoms with Crippen molar-refractivity contribution < 1.29 is 9.72 Å². The average molecular weight is 476 g/mol. The first-order chi connectivity index (χ1) is 16.1. The highest BCUT2D eigenvalue weighted by atomic mass is 35.5. The smallest absolute Gasteiger partial charge is 0.292 e. The Labute approximate surface area is 203 Å². The van der Waals surface area contributed by atoms with E-state index >= 15 is 0 Å². The average Bonchev–Trinajstić information content (AvgIpc) is 2.76. The van der Waals surface area contributed by atoms with Crippen molar-refractivity contribution in [2.75, 3.05) is 24.3 Å². The largest absolute Gasteiger partial charge is 0.373 e. The Balaban J connectivity index is 1.79. The number of rotatable bonds is 3. The molecule has 0 aromatic heterocycles. The van der Waals surface area contributed by atoms with Gasteiger partial charge in [-0.05, 0) is 40.3 Å². The predicted octanol–water partition coefficient (Wildman–Crippen LogP) is 6.78. The molecule has 7 heteroatoms. The molecule has 1 unspecified atom stereocenters. The first-order valence-corrected chi connectivity index (χ1v) is 11.7. The summed E-state index contributed by atoms with van der Waals surface area (Å²) in [6.07, 6.45) is 1.16. The van der Waals surface area contributed by atoms with E-state index < -0.39 is 11.0 Å². The Kier molecular flexibility index (Phi) is 5.17. The Morgan fingerprint density at radius 3 is 2.56 bits per heavy atom. The molecular weight excluding hydrogens is 450 g/mol. The summed E-state index contributed by atoms with van der Waals surface area (Å²) in [4.78, 5) is 26.7. The number of Topliss-reactive ketones (excluding diaryl/α,β-unsaturated/α-hetero) is 1. The van der Waals surface area contributed by atoms with Crippen LogP contribution in [0.3, 0.4) is 0 Å². The number of halogens is 1. The number of nitro groups is 1. The van der Waals surface area contributed by atoms with Crippen LogP contribution in [0.25, 0.3) is 16.3 Å². The molecule has 174 valence electrons. The highest BCUT2D eigenvalue weighted by molar-refractivity contribution is 6.32. The molecule has 2 aliphatic rings. The van der Waals surface area contributed by atoms with Crippen LogP contribution < -0.4 is 10.2 Å². The maximum Gasteiger partial charge on any atom is 0.292 e. The van der Waals surface area contributed by atoms with Gasteiger partial charge in [0.2, 0.25) is 0 Å². The van der Waals surface area contributed by atoms with Crippen LogP contribution in [0.15, 0.2) is 54.1 Å². The molecule has 6 nitrogen and oxygen atoms in total. The van der Waals surface area contributed by atoms with Crippen molar-refractivity contribution in [2.45, 2.75) is 32.7 Å². The molecule has 1 N–H and O–H groups in total. The van der Waals surface area contributed by atoms with Gasteiger partial charge in [-0.15, -0.1) is 0 Å². The molecule has 0 bridgehead atoms. The first kappa shape index (κ1) is 22.4. The monoisotopic (exact) mass is 475 g/mol. The third kappa shape index (κ3) is 3.53. The first-order valence-electron chi connectivity index (χ1n) is 11.3. The molecule has 0 spiro atoms. The van der Waals surface area contributed by atoms with Gasteiger partial charge in [0, 0.05) is 54.0 Å². The molecule has 3 aromatic carbocycles. The van der Waals surface area contributed by atoms with Crippen LogP contribution in [0.2, 0.25) is 5.02 Å². The van der Waals surface area contributed by atoms with Crippen molar-refractivity contribution in [2.24, 2.45) is 5.41 Å². The predicted molar refractivity (Wildman–Crippen MR) is 138 cm³/mol. The van der Waals surface area contributed by atoms with Crippen LogP contribution in [0.4, 0.5) is 17.1 Å². The van der Waals surface area contributed by atoms with E-state index in [0.29, 0.717) is 28.3 Å². The van der Waals surface area contributed by atoms with E-state index in [4.69, 9.17) is 11.6 Å². The third-order valence-corrected chi connectivity index (χ3v) is 7.15. The number of benzene rings is 3. The minimum Gasteiger partial charge on any atom is -0.373 e. The van der Waals surface area contributed by atoms with Crippen LogP contribution in [0, 0.1) is 15.5 Å². The van der Waals surface area contributed by atoms with Crippen molar-refractivity contribution in [1.82, 2.24) is 0 Å². The Morgan fingerprint density at radius 1 is 1.12 bits per heavy atom. The van der Waals surface area contributed by atoms with Gasteiger partial charge in [0.25, 0.3) is 5.69 Å². The fraction of sp³-hybridized carbons (Fsp3) is 0.296. The number of allylic oxidation sites excluding steroid dienone is 1. The molecule has 5 rings (SSSR count). The molecular formula is C27H26ClN3O3. The number of nitro benzene ring substituents is 1. The summed E-state index contributed by atoms with van der Waals surface area (Å²) in [5.41, 5.74) is 4.36. The number of carbonyl (C=O) groups excluding carboxylic acids is 1. The standard InChI is InChI=1S/C27H26ClN3O3/c1-27(2)13-18-24-16-8-6-5-7-15(16)9-10-20(24)29-26(25(18)23(32)14-27)17-11-22(31(33)34)21(30(3)4)12-19(17)28/h5-12,26,29H,13-14H2,1-4H3. The Bertz CT molecular complexity index is 1410. The van der Waals surface area contributed by atoms with Crippen molar-refractivity contribution in [3.63, 3.8) is 0 Å². The number of fused-ring (bicyclic) bond motifs is 4. The summed E-state index contributed by atoms with van der Waals surface area (Å²) >= 11 is 6.72. The fourth-order valence-corrected chi connectivity index (χ4v) is 5.63. The van der Waals surface area contributed by atoms with Gasteiger partial charge in [-0.2, -0.15) is 0 Å². The van der Waals surface area contributed by atoms with Crippen LogP contribution in [0.1, 0.15) is 43.9 Å². The number of carbonyl (C=O) groups is 1. The second-order valence-corrected chi connectivity index (χ2v) is 10.5. The highest BCUT2D eigenvalue weighted by Crippen LogP contribution is 2.53. The highest BCUT2D eigenvalue weighted by Gasteiger charge is 2.41. The van der Waals surface area contributed by atoms with Gasteiger partial charge < -0.3 is 10.2 Å². The Hall–Kier alpha value is -3.38. The van der Waals surface area contributed by atoms with Crippen molar-refractivity contribution in [3.05, 3.63) is 80.4 Å². The van der Waals surface area contributed by atoms with Crippen LogP contribution in [0.5, 0.6) is 0 Å². The van der Waals surface area contributed by atoms with Crippen molar-refractivity contribution in [3.8, 4) is 0 Å². The quantitative estimate of drug-likeness (QED) is 0.334. The minimum absolute atomic E-state index is 0.0405. The zero-order valence-electron chi connectivity index (χ0n) is 19.6. The van der Waals surface area contributed by atoms with E-state index in [2.05, 4.69) is 37.4 Å². The van der Waals surface area contributed by atoms with E-state index in [1.165, 1.54) is 6.07 Å². The summed E-state index contributed by atoms with van der Waals surface area (Å²) in [7, 11) is 3.48. The molecule has 0 radical (unpaired) electrons. The lowest BCUT2D eigenvalue weighted by molar-refractivity contribution is -0.384. The Morgan fingerprint density at radius 2 is 1.85 bits per heavy atom. The van der Waals surface area contributed by atoms with E-state index in [0.717, 1.165) is 34.0 Å². The SMILES string of the molecule is CN(C)c1cc(Cl)c(C2Nc3ccc4ccccc4c3C3=C2C(=O)CC(C)(C)C3)cc1[N+](=O)[O-]. The molecule has 1 heterocycles. The number of anilines is 2. The second-order valence-electron chi connectivity index (χ2n) is 10.1. The molecule has 0 saturated heterocycles. The maximum atomic E-state index is 13.6.